The van der Waals surface area contributed by atoms with E-state index in [1.807, 2.05) is 49.1 Å². The van der Waals surface area contributed by atoms with Gasteiger partial charge in [-0.2, -0.15) is 0 Å². The summed E-state index contributed by atoms with van der Waals surface area (Å²) in [6.07, 6.45) is 1.30. The maximum absolute atomic E-state index is 2.27. The van der Waals surface area contributed by atoms with Gasteiger partial charge < -0.3 is 0 Å². The van der Waals surface area contributed by atoms with Crippen molar-refractivity contribution in [1.29, 1.82) is 0 Å². The Morgan fingerprint density at radius 2 is 1.11 bits per heavy atom. The van der Waals surface area contributed by atoms with Gasteiger partial charge in [0.1, 0.15) is 0 Å². The van der Waals surface area contributed by atoms with Crippen LogP contribution in [0.15, 0.2) is 58.3 Å². The Morgan fingerprint density at radius 3 is 1.50 bits per heavy atom. The zero-order chi connectivity index (χ0) is 21.4. The highest BCUT2D eigenvalue weighted by Crippen LogP contribution is 2.24. The van der Waals surface area contributed by atoms with Crippen molar-refractivity contribution in [3.05, 3.63) is 59.7 Å². The minimum absolute atomic E-state index is 0.734. The van der Waals surface area contributed by atoms with Crippen molar-refractivity contribution in [1.82, 2.24) is 0 Å². The normalized spacial score (nSPS) is 10.2. The standard InChI is InChI=1S/C12H18S.C11H16S2.C2H6/c1-10(2)8-9-13-12-6-4-11(3)5-7-12;1-9(2)12-8-13-11-6-4-10(3)5-7-11;1-2/h4-7,10H,8-9H2,1-3H3;4-7,9H,8H2,1-3H3;1-2H3. The smallest absolute Gasteiger partial charge is 0.0442 e. The Morgan fingerprint density at radius 1 is 0.679 bits per heavy atom. The van der Waals surface area contributed by atoms with Gasteiger partial charge in [-0.05, 0) is 61.5 Å². The van der Waals surface area contributed by atoms with Gasteiger partial charge in [0.15, 0.2) is 0 Å². The summed E-state index contributed by atoms with van der Waals surface area (Å²) < 4.78 is 0. The number of rotatable bonds is 8. The molecule has 0 amide bonds. The summed E-state index contributed by atoms with van der Waals surface area (Å²) in [5.41, 5.74) is 2.68. The molecule has 0 saturated carbocycles. The van der Waals surface area contributed by atoms with Crippen LogP contribution in [0.2, 0.25) is 0 Å². The second-order valence-electron chi connectivity index (χ2n) is 7.13. The van der Waals surface area contributed by atoms with E-state index in [-0.39, 0.29) is 0 Å². The Bertz CT molecular complexity index is 531. The lowest BCUT2D eigenvalue weighted by atomic mass is 10.2. The van der Waals surface area contributed by atoms with Crippen molar-refractivity contribution < 1.29 is 0 Å². The van der Waals surface area contributed by atoms with Gasteiger partial charge in [-0.1, -0.05) is 76.9 Å². The molecule has 0 nitrogen and oxygen atoms in total. The van der Waals surface area contributed by atoms with Crippen molar-refractivity contribution in [3.63, 3.8) is 0 Å². The summed E-state index contributed by atoms with van der Waals surface area (Å²) in [7, 11) is 0. The predicted molar refractivity (Wildman–Crippen MR) is 137 cm³/mol. The van der Waals surface area contributed by atoms with Crippen LogP contribution >= 0.6 is 35.3 Å². The first-order valence-corrected chi connectivity index (χ1v) is 13.4. The molecular formula is C25H40S3. The van der Waals surface area contributed by atoms with Crippen LogP contribution in [0.1, 0.15) is 59.1 Å². The maximum atomic E-state index is 2.27. The van der Waals surface area contributed by atoms with Crippen LogP contribution < -0.4 is 0 Å². The largest absolute Gasteiger partial charge is 0.148 e. The van der Waals surface area contributed by atoms with Gasteiger partial charge in [-0.15, -0.1) is 35.3 Å². The highest BCUT2D eigenvalue weighted by Gasteiger charge is 1.97. The molecule has 0 aliphatic rings. The molecule has 0 aliphatic heterocycles. The van der Waals surface area contributed by atoms with Gasteiger partial charge >= 0.3 is 0 Å². The number of hydrogen-bond donors (Lipinski definition) is 0. The van der Waals surface area contributed by atoms with Crippen LogP contribution in [0.3, 0.4) is 0 Å². The van der Waals surface area contributed by atoms with E-state index >= 15 is 0 Å². The van der Waals surface area contributed by atoms with Gasteiger partial charge in [-0.3, -0.25) is 0 Å². The van der Waals surface area contributed by atoms with Gasteiger partial charge in [0.25, 0.3) is 0 Å². The molecular weight excluding hydrogens is 396 g/mol. The zero-order valence-electron chi connectivity index (χ0n) is 19.1. The van der Waals surface area contributed by atoms with Crippen molar-refractivity contribution in [2.24, 2.45) is 5.92 Å². The lowest BCUT2D eigenvalue weighted by Gasteiger charge is -2.04. The van der Waals surface area contributed by atoms with Crippen LogP contribution in [0.5, 0.6) is 0 Å². The average Bonchev–Trinajstić information content (AvgIpc) is 2.67. The van der Waals surface area contributed by atoms with Crippen molar-refractivity contribution >= 4 is 35.3 Å². The molecule has 2 aromatic carbocycles. The van der Waals surface area contributed by atoms with Gasteiger partial charge in [0.2, 0.25) is 0 Å². The van der Waals surface area contributed by atoms with Gasteiger partial charge in [-0.25, -0.2) is 0 Å². The molecule has 0 unspecified atom stereocenters. The van der Waals surface area contributed by atoms with E-state index < -0.39 is 0 Å². The van der Waals surface area contributed by atoms with Crippen LogP contribution in [-0.2, 0) is 0 Å². The van der Waals surface area contributed by atoms with E-state index in [1.54, 1.807) is 0 Å². The third kappa shape index (κ3) is 15.4. The van der Waals surface area contributed by atoms with Crippen LogP contribution in [0.25, 0.3) is 0 Å². The Labute approximate surface area is 188 Å². The first-order chi connectivity index (χ1) is 13.4. The Kier molecular flexibility index (Phi) is 17.0. The van der Waals surface area contributed by atoms with E-state index in [2.05, 4.69) is 90.1 Å². The molecule has 0 bridgehead atoms. The quantitative estimate of drug-likeness (QED) is 0.299. The second-order valence-corrected chi connectivity index (χ2v) is 11.3. The molecule has 0 fully saturated rings. The maximum Gasteiger partial charge on any atom is 0.0442 e. The molecule has 2 rings (SSSR count). The predicted octanol–water partition coefficient (Wildman–Crippen LogP) is 9.35. The lowest BCUT2D eigenvalue weighted by Crippen LogP contribution is -1.88. The molecule has 158 valence electrons. The summed E-state index contributed by atoms with van der Waals surface area (Å²) in [6, 6.07) is 17.5. The highest BCUT2D eigenvalue weighted by atomic mass is 32.2. The average molecular weight is 437 g/mol. The monoisotopic (exact) mass is 436 g/mol. The first-order valence-electron chi connectivity index (χ1n) is 10.4. The molecule has 0 spiro atoms. The van der Waals surface area contributed by atoms with E-state index in [0.29, 0.717) is 0 Å². The SMILES string of the molecule is CC.Cc1ccc(SCCC(C)C)cc1.Cc1ccc(SCSC(C)C)cc1. The Balaban J connectivity index is 0.000000478. The molecule has 0 atom stereocenters. The second kappa shape index (κ2) is 17.4. The van der Waals surface area contributed by atoms with E-state index in [4.69, 9.17) is 0 Å². The van der Waals surface area contributed by atoms with Gasteiger partial charge in [0.05, 0.1) is 0 Å². The fourth-order valence-corrected chi connectivity index (χ4v) is 5.31. The van der Waals surface area contributed by atoms with Crippen LogP contribution in [-0.4, -0.2) is 16.1 Å². The highest BCUT2D eigenvalue weighted by molar-refractivity contribution is 8.16. The molecule has 0 heterocycles. The summed E-state index contributed by atoms with van der Waals surface area (Å²) in [6.45, 7) is 17.3. The van der Waals surface area contributed by atoms with E-state index in [1.165, 1.54) is 33.1 Å². The van der Waals surface area contributed by atoms with Crippen molar-refractivity contribution in [2.45, 2.75) is 76.9 Å². The number of benzene rings is 2. The fraction of sp³-hybridized carbons (Fsp3) is 0.520. The van der Waals surface area contributed by atoms with E-state index in [9.17, 15) is 0 Å². The number of hydrogen-bond acceptors (Lipinski definition) is 3. The minimum Gasteiger partial charge on any atom is -0.148 e. The lowest BCUT2D eigenvalue weighted by molar-refractivity contribution is 0.632. The summed E-state index contributed by atoms with van der Waals surface area (Å²) in [4.78, 5) is 2.77. The number of thioether (sulfide) groups is 3. The van der Waals surface area contributed by atoms with Gasteiger partial charge in [0, 0.05) is 14.9 Å². The molecule has 0 N–H and O–H groups in total. The molecule has 28 heavy (non-hydrogen) atoms. The zero-order valence-corrected chi connectivity index (χ0v) is 21.6. The molecule has 0 saturated heterocycles. The first kappa shape index (κ1) is 27.5. The van der Waals surface area contributed by atoms with Crippen molar-refractivity contribution in [2.75, 3.05) is 10.8 Å². The number of aryl methyl sites for hydroxylation is 2. The Hall–Kier alpha value is -0.510. The van der Waals surface area contributed by atoms with Crippen LogP contribution in [0, 0.1) is 19.8 Å². The van der Waals surface area contributed by atoms with Crippen LogP contribution in [0.4, 0.5) is 0 Å². The molecule has 0 aliphatic carbocycles. The summed E-state index contributed by atoms with van der Waals surface area (Å²) >= 11 is 5.87. The topological polar surface area (TPSA) is 0 Å². The molecule has 0 aromatic heterocycles. The molecule has 0 radical (unpaired) electrons. The summed E-state index contributed by atoms with van der Waals surface area (Å²) in [5.74, 6) is 2.05. The third-order valence-electron chi connectivity index (χ3n) is 3.63. The third-order valence-corrected chi connectivity index (χ3v) is 6.97. The van der Waals surface area contributed by atoms with Crippen molar-refractivity contribution in [3.8, 4) is 0 Å². The minimum atomic E-state index is 0.734. The van der Waals surface area contributed by atoms with E-state index in [0.717, 1.165) is 16.3 Å². The molecule has 2 aromatic rings. The molecule has 3 heteroatoms. The summed E-state index contributed by atoms with van der Waals surface area (Å²) in [5, 5.41) is 1.89. The fourth-order valence-electron chi connectivity index (χ4n) is 1.92.